The summed E-state index contributed by atoms with van der Waals surface area (Å²) in [6, 6.07) is 16.8. The van der Waals surface area contributed by atoms with Crippen molar-refractivity contribution in [3.8, 4) is 22.8 Å². The third kappa shape index (κ3) is 4.21. The molecule has 7 nitrogen and oxygen atoms in total. The van der Waals surface area contributed by atoms with Gasteiger partial charge < -0.3 is 13.9 Å². The Morgan fingerprint density at radius 2 is 1.76 bits per heavy atom. The second-order valence-electron chi connectivity index (χ2n) is 6.44. The Morgan fingerprint density at radius 1 is 1.00 bits per heavy atom. The van der Waals surface area contributed by atoms with E-state index in [0.717, 1.165) is 5.56 Å². The molecule has 0 fully saturated rings. The first-order valence-corrected chi connectivity index (χ1v) is 8.96. The summed E-state index contributed by atoms with van der Waals surface area (Å²) in [4.78, 5) is 18.4. The molecule has 4 aromatic rings. The number of aromatic nitrogens is 3. The highest BCUT2D eigenvalue weighted by Gasteiger charge is 2.18. The van der Waals surface area contributed by atoms with Crippen molar-refractivity contribution in [2.24, 2.45) is 0 Å². The topological polar surface area (TPSA) is 85.3 Å². The molecule has 2 aromatic carbocycles. The minimum Gasteiger partial charge on any atom is -0.355 e. The Kier molecular flexibility index (Phi) is 5.15. The highest BCUT2D eigenvalue weighted by Crippen LogP contribution is 2.20. The molecule has 0 spiro atoms. The van der Waals surface area contributed by atoms with Gasteiger partial charge in [-0.2, -0.15) is 4.98 Å². The monoisotopic (exact) mass is 392 g/mol. The Hall–Kier alpha value is -3.81. The number of carbonyl (C=O) groups is 1. The molecule has 0 aliphatic carbocycles. The van der Waals surface area contributed by atoms with E-state index in [1.54, 1.807) is 25.2 Å². The summed E-state index contributed by atoms with van der Waals surface area (Å²) in [5, 5.41) is 7.78. The average molecular weight is 392 g/mol. The van der Waals surface area contributed by atoms with Crippen molar-refractivity contribution in [1.82, 2.24) is 20.2 Å². The highest BCUT2D eigenvalue weighted by molar-refractivity contribution is 5.92. The molecule has 1 amide bonds. The van der Waals surface area contributed by atoms with Gasteiger partial charge in [0.25, 0.3) is 11.8 Å². The molecule has 0 radical (unpaired) electrons. The van der Waals surface area contributed by atoms with Crippen LogP contribution in [-0.4, -0.2) is 39.7 Å². The summed E-state index contributed by atoms with van der Waals surface area (Å²) in [5.74, 6) is 0.687. The maximum atomic E-state index is 13.0. The van der Waals surface area contributed by atoms with Gasteiger partial charge in [-0.1, -0.05) is 40.6 Å². The zero-order valence-electron chi connectivity index (χ0n) is 15.6. The summed E-state index contributed by atoms with van der Waals surface area (Å²) in [6.45, 7) is 0.370. The van der Waals surface area contributed by atoms with E-state index in [4.69, 9.17) is 9.05 Å². The van der Waals surface area contributed by atoms with Crippen LogP contribution in [-0.2, 0) is 6.42 Å². The lowest BCUT2D eigenvalue weighted by atomic mass is 10.1. The number of hydrogen-bond acceptors (Lipinski definition) is 6. The lowest BCUT2D eigenvalue weighted by molar-refractivity contribution is 0.0785. The molecule has 8 heteroatoms. The lowest BCUT2D eigenvalue weighted by Crippen LogP contribution is -2.29. The largest absolute Gasteiger partial charge is 0.355 e. The Labute approximate surface area is 165 Å². The van der Waals surface area contributed by atoms with Gasteiger partial charge in [-0.15, -0.1) is 0 Å². The van der Waals surface area contributed by atoms with Crippen molar-refractivity contribution >= 4 is 5.91 Å². The van der Waals surface area contributed by atoms with Crippen molar-refractivity contribution in [3.63, 3.8) is 0 Å². The van der Waals surface area contributed by atoms with Crippen LogP contribution in [0.4, 0.5) is 4.39 Å². The second kappa shape index (κ2) is 8.05. The van der Waals surface area contributed by atoms with Gasteiger partial charge >= 0.3 is 0 Å². The van der Waals surface area contributed by atoms with E-state index in [0.29, 0.717) is 36.0 Å². The van der Waals surface area contributed by atoms with Gasteiger partial charge in [-0.25, -0.2) is 4.39 Å². The van der Waals surface area contributed by atoms with Gasteiger partial charge in [0, 0.05) is 37.2 Å². The third-order valence-electron chi connectivity index (χ3n) is 4.36. The first-order valence-electron chi connectivity index (χ1n) is 8.96. The number of halogens is 1. The number of likely N-dealkylation sites (N-methyl/N-ethyl adjacent to an activating group) is 1. The molecule has 2 heterocycles. The van der Waals surface area contributed by atoms with Crippen molar-refractivity contribution in [1.29, 1.82) is 0 Å². The predicted octanol–water partition coefficient (Wildman–Crippen LogP) is 3.85. The van der Waals surface area contributed by atoms with Crippen LogP contribution in [0.25, 0.3) is 22.8 Å². The molecule has 0 bridgehead atoms. The minimum atomic E-state index is -0.336. The Morgan fingerprint density at radius 3 is 2.52 bits per heavy atom. The van der Waals surface area contributed by atoms with Crippen LogP contribution in [0, 0.1) is 5.82 Å². The van der Waals surface area contributed by atoms with Gasteiger partial charge in [-0.05, 0) is 24.3 Å². The zero-order chi connectivity index (χ0) is 20.2. The summed E-state index contributed by atoms with van der Waals surface area (Å²) < 4.78 is 23.5. The average Bonchev–Trinajstić information content (AvgIpc) is 3.43. The number of nitrogens with zero attached hydrogens (tertiary/aromatic N) is 4. The van der Waals surface area contributed by atoms with Gasteiger partial charge in [0.15, 0.2) is 17.3 Å². The summed E-state index contributed by atoms with van der Waals surface area (Å²) in [7, 11) is 1.67. The van der Waals surface area contributed by atoms with Crippen LogP contribution in [0.1, 0.15) is 16.3 Å². The van der Waals surface area contributed by atoms with Gasteiger partial charge in [0.05, 0.1) is 0 Å². The maximum absolute atomic E-state index is 13.0. The summed E-state index contributed by atoms with van der Waals surface area (Å²) in [5.41, 5.74) is 1.71. The van der Waals surface area contributed by atoms with E-state index < -0.39 is 0 Å². The molecular weight excluding hydrogens is 375 g/mol. The van der Waals surface area contributed by atoms with E-state index in [1.807, 2.05) is 30.3 Å². The number of carbonyl (C=O) groups excluding carboxylic acids is 1. The van der Waals surface area contributed by atoms with E-state index in [1.165, 1.54) is 17.0 Å². The van der Waals surface area contributed by atoms with Crippen molar-refractivity contribution in [2.75, 3.05) is 13.6 Å². The molecule has 146 valence electrons. The number of amides is 1. The standard InChI is InChI=1S/C21H17FN4O3/c1-26(21(27)17-13-18(28-24-17)14-5-3-2-4-6-14)12-11-19-23-20(29-25-19)15-7-9-16(22)10-8-15/h2-10,13H,11-12H2,1H3. The molecule has 2 aromatic heterocycles. The fourth-order valence-electron chi connectivity index (χ4n) is 2.74. The second-order valence-corrected chi connectivity index (χ2v) is 6.44. The van der Waals surface area contributed by atoms with E-state index in [9.17, 15) is 9.18 Å². The predicted molar refractivity (Wildman–Crippen MR) is 102 cm³/mol. The van der Waals surface area contributed by atoms with Gasteiger partial charge in [0.1, 0.15) is 5.82 Å². The van der Waals surface area contributed by atoms with Crippen molar-refractivity contribution in [3.05, 3.63) is 78.0 Å². The smallest absolute Gasteiger partial charge is 0.275 e. The molecule has 0 atom stereocenters. The maximum Gasteiger partial charge on any atom is 0.275 e. The van der Waals surface area contributed by atoms with E-state index in [2.05, 4.69) is 15.3 Å². The zero-order valence-corrected chi connectivity index (χ0v) is 15.6. The fourth-order valence-corrected chi connectivity index (χ4v) is 2.74. The van der Waals surface area contributed by atoms with Crippen molar-refractivity contribution in [2.45, 2.75) is 6.42 Å². The van der Waals surface area contributed by atoms with E-state index in [-0.39, 0.29) is 17.4 Å². The molecule has 0 unspecified atom stereocenters. The summed E-state index contributed by atoms with van der Waals surface area (Å²) in [6.07, 6.45) is 0.399. The molecule has 0 saturated carbocycles. The molecule has 0 saturated heterocycles. The first-order chi connectivity index (χ1) is 14.1. The summed E-state index contributed by atoms with van der Waals surface area (Å²) >= 11 is 0. The van der Waals surface area contributed by atoms with Crippen LogP contribution in [0.3, 0.4) is 0 Å². The normalized spacial score (nSPS) is 10.8. The first kappa shape index (κ1) is 18.5. The van der Waals surface area contributed by atoms with E-state index >= 15 is 0 Å². The Bertz CT molecular complexity index is 1110. The van der Waals surface area contributed by atoms with Crippen LogP contribution in [0.5, 0.6) is 0 Å². The molecule has 0 aliphatic rings. The third-order valence-corrected chi connectivity index (χ3v) is 4.36. The fraction of sp³-hybridized carbons (Fsp3) is 0.143. The quantitative estimate of drug-likeness (QED) is 0.496. The molecule has 4 rings (SSSR count). The Balaban J connectivity index is 1.37. The van der Waals surface area contributed by atoms with Crippen LogP contribution >= 0.6 is 0 Å². The van der Waals surface area contributed by atoms with Crippen molar-refractivity contribution < 1.29 is 18.2 Å². The lowest BCUT2D eigenvalue weighted by Gasteiger charge is -2.13. The van der Waals surface area contributed by atoms with Gasteiger partial charge in [0.2, 0.25) is 0 Å². The molecule has 0 aliphatic heterocycles. The minimum absolute atomic E-state index is 0.228. The SMILES string of the molecule is CN(CCc1noc(-c2ccc(F)cc2)n1)C(=O)c1cc(-c2ccccc2)on1. The van der Waals surface area contributed by atoms with Gasteiger partial charge in [-0.3, -0.25) is 4.79 Å². The highest BCUT2D eigenvalue weighted by atomic mass is 19.1. The van der Waals surface area contributed by atoms with Crippen LogP contribution in [0.2, 0.25) is 0 Å². The van der Waals surface area contributed by atoms with Crippen LogP contribution < -0.4 is 0 Å². The molecule has 29 heavy (non-hydrogen) atoms. The number of rotatable bonds is 6. The molecular formula is C21H17FN4O3. The number of benzene rings is 2. The van der Waals surface area contributed by atoms with Crippen LogP contribution in [0.15, 0.2) is 69.7 Å². The molecule has 0 N–H and O–H groups in total. The number of hydrogen-bond donors (Lipinski definition) is 0.